The summed E-state index contributed by atoms with van der Waals surface area (Å²) >= 11 is 0. The Balaban J connectivity index is 2.15. The molecular weight excluding hydrogens is 434 g/mol. The molecule has 34 heavy (non-hydrogen) atoms. The fourth-order valence-corrected chi connectivity index (χ4v) is 4.18. The van der Waals surface area contributed by atoms with Crippen LogP contribution < -0.4 is 5.43 Å². The van der Waals surface area contributed by atoms with Crippen LogP contribution in [0.2, 0.25) is 0 Å². The van der Waals surface area contributed by atoms with E-state index >= 15 is 0 Å². The van der Waals surface area contributed by atoms with Gasteiger partial charge in [0.1, 0.15) is 24.0 Å². The number of carbonyl (C=O) groups excluding carboxylic acids is 3. The van der Waals surface area contributed by atoms with Crippen molar-refractivity contribution < 1.29 is 23.9 Å². The summed E-state index contributed by atoms with van der Waals surface area (Å²) < 4.78 is 11.0. The third-order valence-electron chi connectivity index (χ3n) is 5.85. The number of nitrogens with zero attached hydrogens (tertiary/aromatic N) is 2. The quantitative estimate of drug-likeness (QED) is 0.365. The maximum absolute atomic E-state index is 12.9. The number of rotatable bonds is 12. The highest BCUT2D eigenvalue weighted by Crippen LogP contribution is 2.19. The van der Waals surface area contributed by atoms with E-state index < -0.39 is 23.7 Å². The van der Waals surface area contributed by atoms with Crippen molar-refractivity contribution >= 4 is 18.2 Å². The summed E-state index contributed by atoms with van der Waals surface area (Å²) in [5, 5.41) is 1.89. The zero-order valence-electron chi connectivity index (χ0n) is 21.3. The van der Waals surface area contributed by atoms with Gasteiger partial charge in [-0.05, 0) is 65.9 Å². The summed E-state index contributed by atoms with van der Waals surface area (Å²) in [6.07, 6.45) is 3.64. The van der Waals surface area contributed by atoms with Crippen LogP contribution in [-0.2, 0) is 30.3 Å². The van der Waals surface area contributed by atoms with Gasteiger partial charge in [-0.3, -0.25) is 19.9 Å². The maximum Gasteiger partial charge on any atom is 0.325 e. The first-order chi connectivity index (χ1) is 16.2. The first-order valence-electron chi connectivity index (χ1n) is 12.3. The van der Waals surface area contributed by atoms with Gasteiger partial charge in [0.2, 0.25) is 0 Å². The lowest BCUT2D eigenvalue weighted by molar-refractivity contribution is -0.165. The van der Waals surface area contributed by atoms with Crippen molar-refractivity contribution in [2.45, 2.75) is 84.0 Å². The predicted octanol–water partition coefficient (Wildman–Crippen LogP) is 2.75. The van der Waals surface area contributed by atoms with Crippen LogP contribution in [0.25, 0.3) is 0 Å². The van der Waals surface area contributed by atoms with Crippen molar-refractivity contribution in [2.75, 3.05) is 26.2 Å². The Hall–Kier alpha value is -2.29. The molecule has 2 rings (SSSR count). The molecule has 1 saturated heterocycles. The summed E-state index contributed by atoms with van der Waals surface area (Å²) in [4.78, 5) is 39.4. The molecule has 0 bridgehead atoms. The molecule has 8 nitrogen and oxygen atoms in total. The standard InChI is InChI=1S/C26H41N3O5/c1-6-33-24(31)22(15-14-21-11-8-7-9-12-21)28(20(2)19-30)17-18-29-23(13-10-16-27-29)25(32)34-26(3,4)5/h7-9,11-12,19-20,22-23,27H,6,10,13-18H2,1-5H3/t20-,22-,23?/m0/s1. The molecule has 0 saturated carbocycles. The second-order valence-corrected chi connectivity index (χ2v) is 9.70. The lowest BCUT2D eigenvalue weighted by Crippen LogP contribution is -2.58. The molecule has 1 fully saturated rings. The predicted molar refractivity (Wildman–Crippen MR) is 131 cm³/mol. The minimum Gasteiger partial charge on any atom is -0.465 e. The van der Waals surface area contributed by atoms with Crippen molar-refractivity contribution in [3.8, 4) is 0 Å². The average Bonchev–Trinajstić information content (AvgIpc) is 2.80. The Kier molecular flexibility index (Phi) is 11.1. The molecule has 1 aromatic carbocycles. The largest absolute Gasteiger partial charge is 0.465 e. The van der Waals surface area contributed by atoms with E-state index in [1.165, 1.54) is 0 Å². The normalized spacial score (nSPS) is 18.8. The third-order valence-corrected chi connectivity index (χ3v) is 5.85. The number of nitrogens with one attached hydrogen (secondary N) is 1. The molecule has 1 aromatic rings. The molecule has 0 amide bonds. The number of aryl methyl sites for hydroxylation is 1. The highest BCUT2D eigenvalue weighted by molar-refractivity contribution is 5.77. The van der Waals surface area contributed by atoms with Crippen molar-refractivity contribution in [2.24, 2.45) is 0 Å². The van der Waals surface area contributed by atoms with E-state index in [1.807, 2.05) is 61.0 Å². The number of ether oxygens (including phenoxy) is 2. The van der Waals surface area contributed by atoms with E-state index in [9.17, 15) is 14.4 Å². The fourth-order valence-electron chi connectivity index (χ4n) is 4.18. The van der Waals surface area contributed by atoms with Gasteiger partial charge in [0, 0.05) is 19.6 Å². The van der Waals surface area contributed by atoms with Gasteiger partial charge in [0.05, 0.1) is 12.6 Å². The molecule has 0 radical (unpaired) electrons. The molecular formula is C26H41N3O5. The van der Waals surface area contributed by atoms with Crippen LogP contribution in [0.5, 0.6) is 0 Å². The smallest absolute Gasteiger partial charge is 0.325 e. The number of hydrogen-bond acceptors (Lipinski definition) is 8. The van der Waals surface area contributed by atoms with Crippen LogP contribution in [0, 0.1) is 0 Å². The molecule has 190 valence electrons. The monoisotopic (exact) mass is 475 g/mol. The molecule has 0 aliphatic carbocycles. The Morgan fingerprint density at radius 2 is 1.97 bits per heavy atom. The minimum atomic E-state index is -0.565. The van der Waals surface area contributed by atoms with Crippen LogP contribution in [0.15, 0.2) is 30.3 Å². The summed E-state index contributed by atoms with van der Waals surface area (Å²) in [6, 6.07) is 8.50. The molecule has 1 N–H and O–H groups in total. The van der Waals surface area contributed by atoms with E-state index in [0.29, 0.717) is 32.4 Å². The number of carbonyl (C=O) groups is 3. The van der Waals surface area contributed by atoms with Crippen LogP contribution in [0.4, 0.5) is 0 Å². The number of hydrazine groups is 1. The van der Waals surface area contributed by atoms with Crippen molar-refractivity contribution in [3.05, 3.63) is 35.9 Å². The van der Waals surface area contributed by atoms with Crippen LogP contribution in [0.3, 0.4) is 0 Å². The van der Waals surface area contributed by atoms with Gasteiger partial charge in [-0.15, -0.1) is 0 Å². The van der Waals surface area contributed by atoms with Crippen LogP contribution in [0.1, 0.15) is 59.4 Å². The van der Waals surface area contributed by atoms with Gasteiger partial charge >= 0.3 is 11.9 Å². The first kappa shape index (κ1) is 28.0. The zero-order valence-corrected chi connectivity index (χ0v) is 21.3. The maximum atomic E-state index is 12.9. The van der Waals surface area contributed by atoms with Gasteiger partial charge in [-0.25, -0.2) is 5.01 Å². The van der Waals surface area contributed by atoms with E-state index in [-0.39, 0.29) is 18.5 Å². The Morgan fingerprint density at radius 3 is 2.59 bits per heavy atom. The SMILES string of the molecule is CCOC(=O)[C@H](CCc1ccccc1)N(CCN1NCCCC1C(=O)OC(C)(C)C)[C@@H](C)C=O. The summed E-state index contributed by atoms with van der Waals surface area (Å²) in [5.41, 5.74) is 3.86. The second-order valence-electron chi connectivity index (χ2n) is 9.70. The molecule has 0 spiro atoms. The molecule has 1 aliphatic heterocycles. The van der Waals surface area contributed by atoms with Crippen molar-refractivity contribution in [3.63, 3.8) is 0 Å². The van der Waals surface area contributed by atoms with Crippen molar-refractivity contribution in [1.82, 2.24) is 15.3 Å². The molecule has 1 unspecified atom stereocenters. The summed E-state index contributed by atoms with van der Waals surface area (Å²) in [5.74, 6) is -0.594. The highest BCUT2D eigenvalue weighted by Gasteiger charge is 2.35. The summed E-state index contributed by atoms with van der Waals surface area (Å²) in [6.45, 7) is 11.1. The number of esters is 2. The average molecular weight is 476 g/mol. The Morgan fingerprint density at radius 1 is 1.26 bits per heavy atom. The van der Waals surface area contributed by atoms with E-state index in [0.717, 1.165) is 24.8 Å². The van der Waals surface area contributed by atoms with E-state index in [2.05, 4.69) is 5.43 Å². The van der Waals surface area contributed by atoms with Crippen molar-refractivity contribution in [1.29, 1.82) is 0 Å². The fraction of sp³-hybridized carbons (Fsp3) is 0.654. The van der Waals surface area contributed by atoms with Gasteiger partial charge in [0.15, 0.2) is 0 Å². The van der Waals surface area contributed by atoms with Gasteiger partial charge < -0.3 is 14.3 Å². The Bertz CT molecular complexity index is 780. The molecule has 1 heterocycles. The van der Waals surface area contributed by atoms with Crippen LogP contribution >= 0.6 is 0 Å². The molecule has 8 heteroatoms. The molecule has 3 atom stereocenters. The van der Waals surface area contributed by atoms with Gasteiger partial charge in [-0.2, -0.15) is 0 Å². The third kappa shape index (κ3) is 8.81. The van der Waals surface area contributed by atoms with E-state index in [1.54, 1.807) is 13.8 Å². The van der Waals surface area contributed by atoms with Gasteiger partial charge in [-0.1, -0.05) is 30.3 Å². The van der Waals surface area contributed by atoms with Crippen LogP contribution in [-0.4, -0.2) is 78.1 Å². The van der Waals surface area contributed by atoms with Gasteiger partial charge in [0.25, 0.3) is 0 Å². The first-order valence-corrected chi connectivity index (χ1v) is 12.3. The van der Waals surface area contributed by atoms with E-state index in [4.69, 9.17) is 9.47 Å². The zero-order chi connectivity index (χ0) is 25.1. The second kappa shape index (κ2) is 13.6. The molecule has 0 aromatic heterocycles. The number of aldehydes is 1. The lowest BCUT2D eigenvalue weighted by atomic mass is 10.0. The Labute approximate surface area is 203 Å². The number of benzene rings is 1. The minimum absolute atomic E-state index is 0.263. The highest BCUT2D eigenvalue weighted by atomic mass is 16.6. The topological polar surface area (TPSA) is 88.2 Å². The number of hydrogen-bond donors (Lipinski definition) is 1. The lowest BCUT2D eigenvalue weighted by Gasteiger charge is -2.39. The molecule has 1 aliphatic rings. The summed E-state index contributed by atoms with van der Waals surface area (Å²) in [7, 11) is 0.